The molecule has 1 aliphatic carbocycles. The summed E-state index contributed by atoms with van der Waals surface area (Å²) in [7, 11) is 0. The van der Waals surface area contributed by atoms with Gasteiger partial charge in [0.25, 0.3) is 0 Å². The highest BCUT2D eigenvalue weighted by Gasteiger charge is 2.41. The second-order valence-electron chi connectivity index (χ2n) is 4.41. The van der Waals surface area contributed by atoms with Crippen LogP contribution in [0.4, 0.5) is 5.95 Å². The molecule has 0 radical (unpaired) electrons. The molecule has 1 saturated carbocycles. The van der Waals surface area contributed by atoms with Crippen LogP contribution in [0.25, 0.3) is 11.2 Å². The summed E-state index contributed by atoms with van der Waals surface area (Å²) in [5.74, 6) is -0.132. The van der Waals surface area contributed by atoms with Crippen LogP contribution >= 0.6 is 11.6 Å². The van der Waals surface area contributed by atoms with E-state index in [0.717, 1.165) is 0 Å². The predicted octanol–water partition coefficient (Wildman–Crippen LogP) is -0.0239. The number of aromatic nitrogens is 4. The summed E-state index contributed by atoms with van der Waals surface area (Å²) >= 11 is 5.93. The Labute approximate surface area is 107 Å². The molecule has 0 aromatic carbocycles. The molecule has 7 nitrogen and oxygen atoms in total. The Bertz CT molecular complexity index is 601. The summed E-state index contributed by atoms with van der Waals surface area (Å²) in [5, 5.41) is 19.0. The van der Waals surface area contributed by atoms with E-state index in [1.165, 1.54) is 0 Å². The predicted molar refractivity (Wildman–Crippen MR) is 65.0 cm³/mol. The molecular weight excluding hydrogens is 258 g/mol. The van der Waals surface area contributed by atoms with Crippen molar-refractivity contribution in [3.05, 3.63) is 11.5 Å². The molecule has 96 valence electrons. The molecule has 0 saturated heterocycles. The first-order valence-corrected chi connectivity index (χ1v) is 5.94. The molecule has 2 aromatic heterocycles. The van der Waals surface area contributed by atoms with Crippen LogP contribution < -0.4 is 5.73 Å². The SMILES string of the molecule is Nc1nc(Cl)c2ncn(C3CC(O)C3CO)c2n1. The number of hydrogen-bond donors (Lipinski definition) is 3. The van der Waals surface area contributed by atoms with Crippen LogP contribution in [0.1, 0.15) is 12.5 Å². The highest BCUT2D eigenvalue weighted by Crippen LogP contribution is 2.40. The van der Waals surface area contributed by atoms with Gasteiger partial charge < -0.3 is 20.5 Å². The zero-order valence-electron chi connectivity index (χ0n) is 9.36. The lowest BCUT2D eigenvalue weighted by Gasteiger charge is -2.41. The number of halogens is 1. The van der Waals surface area contributed by atoms with Gasteiger partial charge in [-0.05, 0) is 6.42 Å². The number of nitrogens with zero attached hydrogens (tertiary/aromatic N) is 4. The van der Waals surface area contributed by atoms with E-state index in [9.17, 15) is 10.2 Å². The molecule has 0 aliphatic heterocycles. The van der Waals surface area contributed by atoms with E-state index >= 15 is 0 Å². The van der Waals surface area contributed by atoms with Crippen LogP contribution in [0.2, 0.25) is 5.15 Å². The molecule has 8 heteroatoms. The Hall–Kier alpha value is -1.44. The molecule has 2 aromatic rings. The summed E-state index contributed by atoms with van der Waals surface area (Å²) in [4.78, 5) is 12.1. The Morgan fingerprint density at radius 2 is 2.28 bits per heavy atom. The average Bonchev–Trinajstić information content (AvgIpc) is 2.69. The number of fused-ring (bicyclic) bond motifs is 1. The van der Waals surface area contributed by atoms with Gasteiger partial charge in [0.05, 0.1) is 19.0 Å². The monoisotopic (exact) mass is 269 g/mol. The third kappa shape index (κ3) is 1.55. The van der Waals surface area contributed by atoms with Gasteiger partial charge in [0.15, 0.2) is 10.8 Å². The lowest BCUT2D eigenvalue weighted by atomic mass is 9.77. The van der Waals surface area contributed by atoms with E-state index < -0.39 is 6.10 Å². The molecule has 1 aliphatic rings. The van der Waals surface area contributed by atoms with Crippen molar-refractivity contribution in [3.8, 4) is 0 Å². The second-order valence-corrected chi connectivity index (χ2v) is 4.77. The summed E-state index contributed by atoms with van der Waals surface area (Å²) in [6, 6.07) is -0.0413. The van der Waals surface area contributed by atoms with Gasteiger partial charge in [-0.1, -0.05) is 11.6 Å². The number of nitrogen functional groups attached to an aromatic ring is 1. The number of hydrogen-bond acceptors (Lipinski definition) is 6. The first kappa shape index (κ1) is 11.6. The zero-order chi connectivity index (χ0) is 12.9. The molecule has 0 spiro atoms. The van der Waals surface area contributed by atoms with Gasteiger partial charge in [-0.3, -0.25) is 0 Å². The van der Waals surface area contributed by atoms with Gasteiger partial charge in [0.2, 0.25) is 5.95 Å². The Morgan fingerprint density at radius 3 is 2.94 bits per heavy atom. The highest BCUT2D eigenvalue weighted by molar-refractivity contribution is 6.33. The van der Waals surface area contributed by atoms with Crippen molar-refractivity contribution in [2.75, 3.05) is 12.3 Å². The summed E-state index contributed by atoms with van der Waals surface area (Å²) in [5.41, 5.74) is 6.57. The lowest BCUT2D eigenvalue weighted by Crippen LogP contribution is -2.44. The maximum atomic E-state index is 9.58. The van der Waals surface area contributed by atoms with Crippen molar-refractivity contribution in [3.63, 3.8) is 0 Å². The van der Waals surface area contributed by atoms with Crippen LogP contribution in [0.15, 0.2) is 6.33 Å². The minimum Gasteiger partial charge on any atom is -0.396 e. The number of aliphatic hydroxyl groups is 2. The van der Waals surface area contributed by atoms with Gasteiger partial charge in [-0.25, -0.2) is 4.98 Å². The van der Waals surface area contributed by atoms with Crippen LogP contribution in [0, 0.1) is 5.92 Å². The topological polar surface area (TPSA) is 110 Å². The van der Waals surface area contributed by atoms with Gasteiger partial charge in [-0.15, -0.1) is 0 Å². The Morgan fingerprint density at radius 1 is 1.50 bits per heavy atom. The van der Waals surface area contributed by atoms with Crippen molar-refractivity contribution in [2.24, 2.45) is 5.92 Å². The molecule has 0 bridgehead atoms. The Balaban J connectivity index is 2.08. The first-order chi connectivity index (χ1) is 8.61. The normalized spacial score (nSPS) is 27.4. The molecule has 1 fully saturated rings. The lowest BCUT2D eigenvalue weighted by molar-refractivity contribution is -0.0512. The van der Waals surface area contributed by atoms with Crippen LogP contribution in [0.5, 0.6) is 0 Å². The van der Waals surface area contributed by atoms with Crippen molar-refractivity contribution in [1.82, 2.24) is 19.5 Å². The zero-order valence-corrected chi connectivity index (χ0v) is 10.1. The quantitative estimate of drug-likeness (QED) is 0.661. The molecule has 0 amide bonds. The fraction of sp³-hybridized carbons (Fsp3) is 0.500. The molecule has 3 rings (SSSR count). The van der Waals surface area contributed by atoms with Gasteiger partial charge >= 0.3 is 0 Å². The van der Waals surface area contributed by atoms with Gasteiger partial charge in [0.1, 0.15) is 5.52 Å². The summed E-state index contributed by atoms with van der Waals surface area (Å²) in [6.07, 6.45) is 1.65. The summed E-state index contributed by atoms with van der Waals surface area (Å²) < 4.78 is 1.78. The van der Waals surface area contributed by atoms with Crippen molar-refractivity contribution < 1.29 is 10.2 Å². The largest absolute Gasteiger partial charge is 0.396 e. The first-order valence-electron chi connectivity index (χ1n) is 5.56. The van der Waals surface area contributed by atoms with Crippen LogP contribution in [0.3, 0.4) is 0 Å². The third-order valence-corrected chi connectivity index (χ3v) is 3.70. The van der Waals surface area contributed by atoms with E-state index in [1.54, 1.807) is 10.9 Å². The summed E-state index contributed by atoms with van der Waals surface area (Å²) in [6.45, 7) is -0.0835. The number of imidazole rings is 1. The van der Waals surface area contributed by atoms with Gasteiger partial charge in [-0.2, -0.15) is 9.97 Å². The molecule has 3 atom stereocenters. The smallest absolute Gasteiger partial charge is 0.223 e. The van der Waals surface area contributed by atoms with E-state index in [1.807, 2.05) is 0 Å². The van der Waals surface area contributed by atoms with E-state index in [-0.39, 0.29) is 29.7 Å². The van der Waals surface area contributed by atoms with Gasteiger partial charge in [0, 0.05) is 12.0 Å². The van der Waals surface area contributed by atoms with Crippen molar-refractivity contribution in [1.29, 1.82) is 0 Å². The number of nitrogens with two attached hydrogens (primary N) is 1. The number of anilines is 1. The fourth-order valence-electron chi connectivity index (χ4n) is 2.36. The minimum atomic E-state index is -0.493. The number of aliphatic hydroxyl groups excluding tert-OH is 2. The maximum absolute atomic E-state index is 9.58. The molecule has 4 N–H and O–H groups in total. The average molecular weight is 270 g/mol. The number of rotatable bonds is 2. The third-order valence-electron chi connectivity index (χ3n) is 3.44. The highest BCUT2D eigenvalue weighted by atomic mass is 35.5. The fourth-order valence-corrected chi connectivity index (χ4v) is 2.58. The maximum Gasteiger partial charge on any atom is 0.223 e. The molecule has 18 heavy (non-hydrogen) atoms. The molecule has 3 unspecified atom stereocenters. The standard InChI is InChI=1S/C10H12ClN5O2/c11-8-7-9(15-10(12)14-8)16(3-13-7)5-1-6(18)4(5)2-17/h3-6,17-18H,1-2H2,(H2,12,14,15). The Kier molecular flexibility index (Phi) is 2.61. The van der Waals surface area contributed by atoms with E-state index in [4.69, 9.17) is 17.3 Å². The molecular formula is C10H12ClN5O2. The van der Waals surface area contributed by atoms with Crippen LogP contribution in [-0.4, -0.2) is 42.4 Å². The minimum absolute atomic E-state index is 0.0413. The van der Waals surface area contributed by atoms with Crippen molar-refractivity contribution in [2.45, 2.75) is 18.6 Å². The van der Waals surface area contributed by atoms with E-state index in [0.29, 0.717) is 17.6 Å². The molecule has 2 heterocycles. The van der Waals surface area contributed by atoms with Crippen molar-refractivity contribution >= 4 is 28.7 Å². The second kappa shape index (κ2) is 4.04. The van der Waals surface area contributed by atoms with Crippen LogP contribution in [-0.2, 0) is 0 Å². The van der Waals surface area contributed by atoms with E-state index in [2.05, 4.69) is 15.0 Å².